The van der Waals surface area contributed by atoms with E-state index in [9.17, 15) is 9.90 Å². The summed E-state index contributed by atoms with van der Waals surface area (Å²) in [7, 11) is 0. The Hall–Kier alpha value is -2.62. The zero-order valence-corrected chi connectivity index (χ0v) is 14.3. The van der Waals surface area contributed by atoms with E-state index in [1.165, 1.54) is 0 Å². The largest absolute Gasteiger partial charge is 0.372 e. The van der Waals surface area contributed by atoms with Crippen molar-refractivity contribution in [2.75, 3.05) is 0 Å². The molecule has 0 aromatic heterocycles. The molecule has 0 saturated carbocycles. The van der Waals surface area contributed by atoms with Crippen molar-refractivity contribution < 1.29 is 9.90 Å². The highest BCUT2D eigenvalue weighted by atomic mass is 35.5. The van der Waals surface area contributed by atoms with Crippen molar-refractivity contribution in [3.8, 4) is 0 Å². The Morgan fingerprint density at radius 1 is 0.840 bits per heavy atom. The molecule has 3 aromatic carbocycles. The van der Waals surface area contributed by atoms with Gasteiger partial charge >= 0.3 is 0 Å². The molecule has 0 fully saturated rings. The number of nitrogens with one attached hydrogen (secondary N) is 1. The van der Waals surface area contributed by atoms with Crippen LogP contribution in [0.3, 0.4) is 0 Å². The third-order valence-electron chi connectivity index (χ3n) is 4.11. The van der Waals surface area contributed by atoms with Crippen LogP contribution in [0.15, 0.2) is 84.9 Å². The maximum atomic E-state index is 12.9. The molecule has 0 aliphatic heterocycles. The highest BCUT2D eigenvalue weighted by Crippen LogP contribution is 2.30. The molecular weight excluding hydrogens is 334 g/mol. The van der Waals surface area contributed by atoms with Crippen LogP contribution in [0.4, 0.5) is 0 Å². The Labute approximate surface area is 151 Å². The second-order valence-corrected chi connectivity index (χ2v) is 6.12. The van der Waals surface area contributed by atoms with Gasteiger partial charge in [0.2, 0.25) is 0 Å². The predicted octanol–water partition coefficient (Wildman–Crippen LogP) is 3.89. The van der Waals surface area contributed by atoms with Crippen molar-refractivity contribution in [1.29, 1.82) is 0 Å². The Kier molecular flexibility index (Phi) is 5.17. The monoisotopic (exact) mass is 351 g/mol. The highest BCUT2D eigenvalue weighted by Gasteiger charge is 2.39. The molecule has 0 unspecified atom stereocenters. The van der Waals surface area contributed by atoms with Crippen LogP contribution in [0.25, 0.3) is 0 Å². The Bertz CT molecular complexity index is 811. The summed E-state index contributed by atoms with van der Waals surface area (Å²) >= 11 is 6.14. The van der Waals surface area contributed by atoms with Gasteiger partial charge in [0.05, 0.1) is 0 Å². The standard InChI is InChI=1S/C21H18ClNO2/c22-19-14-8-7-9-16(19)15-23-20(24)21(25,17-10-3-1-4-11-17)18-12-5-2-6-13-18/h1-14,25H,15H2,(H,23,24). The predicted molar refractivity (Wildman–Crippen MR) is 99.2 cm³/mol. The molecule has 0 atom stereocenters. The van der Waals surface area contributed by atoms with Gasteiger partial charge in [-0.2, -0.15) is 0 Å². The van der Waals surface area contributed by atoms with E-state index in [2.05, 4.69) is 5.32 Å². The molecule has 0 saturated heterocycles. The van der Waals surface area contributed by atoms with Gasteiger partial charge in [-0.1, -0.05) is 90.5 Å². The minimum Gasteiger partial charge on any atom is -0.372 e. The van der Waals surface area contributed by atoms with Crippen molar-refractivity contribution >= 4 is 17.5 Å². The molecule has 0 bridgehead atoms. The molecule has 0 radical (unpaired) electrons. The number of aliphatic hydroxyl groups is 1. The Morgan fingerprint density at radius 2 is 1.32 bits per heavy atom. The molecule has 4 heteroatoms. The zero-order chi connectivity index (χ0) is 17.7. The van der Waals surface area contributed by atoms with E-state index in [1.54, 1.807) is 54.6 Å². The number of benzene rings is 3. The number of amides is 1. The maximum absolute atomic E-state index is 12.9. The van der Waals surface area contributed by atoms with E-state index in [1.807, 2.05) is 30.3 Å². The fraction of sp³-hybridized carbons (Fsp3) is 0.0952. The molecule has 0 aliphatic carbocycles. The van der Waals surface area contributed by atoms with E-state index >= 15 is 0 Å². The number of carbonyl (C=O) groups is 1. The van der Waals surface area contributed by atoms with Gasteiger partial charge in [0.1, 0.15) is 0 Å². The van der Waals surface area contributed by atoms with Gasteiger partial charge in [-0.25, -0.2) is 0 Å². The van der Waals surface area contributed by atoms with Crippen LogP contribution in [-0.2, 0) is 16.9 Å². The van der Waals surface area contributed by atoms with E-state index in [0.717, 1.165) is 5.56 Å². The lowest BCUT2D eigenvalue weighted by molar-refractivity contribution is -0.136. The first-order valence-corrected chi connectivity index (χ1v) is 8.35. The van der Waals surface area contributed by atoms with E-state index in [-0.39, 0.29) is 6.54 Å². The molecule has 0 aliphatic rings. The molecular formula is C21H18ClNO2. The second-order valence-electron chi connectivity index (χ2n) is 5.72. The first kappa shape index (κ1) is 17.2. The summed E-state index contributed by atoms with van der Waals surface area (Å²) in [5.74, 6) is -0.496. The molecule has 1 amide bonds. The molecule has 3 rings (SSSR count). The first-order valence-electron chi connectivity index (χ1n) is 7.97. The number of rotatable bonds is 5. The normalized spacial score (nSPS) is 11.1. The Morgan fingerprint density at radius 3 is 1.84 bits per heavy atom. The summed E-state index contributed by atoms with van der Waals surface area (Å²) < 4.78 is 0. The first-order chi connectivity index (χ1) is 12.1. The lowest BCUT2D eigenvalue weighted by atomic mass is 9.85. The molecule has 3 aromatic rings. The number of hydrogen-bond donors (Lipinski definition) is 2. The van der Waals surface area contributed by atoms with Gasteiger partial charge in [-0.05, 0) is 22.8 Å². The molecule has 2 N–H and O–H groups in total. The average Bonchev–Trinajstić information content (AvgIpc) is 2.68. The van der Waals surface area contributed by atoms with E-state index < -0.39 is 11.5 Å². The van der Waals surface area contributed by atoms with Crippen molar-refractivity contribution in [1.82, 2.24) is 5.32 Å². The van der Waals surface area contributed by atoms with Crippen LogP contribution in [0.5, 0.6) is 0 Å². The van der Waals surface area contributed by atoms with Crippen molar-refractivity contribution in [2.45, 2.75) is 12.1 Å². The number of carbonyl (C=O) groups excluding carboxylic acids is 1. The minimum absolute atomic E-state index is 0.237. The summed E-state index contributed by atoms with van der Waals surface area (Å²) in [4.78, 5) is 12.9. The van der Waals surface area contributed by atoms with Gasteiger partial charge in [0.25, 0.3) is 5.91 Å². The average molecular weight is 352 g/mol. The van der Waals surface area contributed by atoms with Crippen molar-refractivity contribution in [3.63, 3.8) is 0 Å². The smallest absolute Gasteiger partial charge is 0.261 e. The third-order valence-corrected chi connectivity index (χ3v) is 4.48. The molecule has 25 heavy (non-hydrogen) atoms. The maximum Gasteiger partial charge on any atom is 0.261 e. The lowest BCUT2D eigenvalue weighted by Crippen LogP contribution is -2.45. The van der Waals surface area contributed by atoms with Crippen molar-refractivity contribution in [3.05, 3.63) is 107 Å². The topological polar surface area (TPSA) is 49.3 Å². The van der Waals surface area contributed by atoms with E-state index in [4.69, 9.17) is 11.6 Å². The molecule has 0 spiro atoms. The van der Waals surface area contributed by atoms with Crippen LogP contribution >= 0.6 is 11.6 Å². The SMILES string of the molecule is O=C(NCc1ccccc1Cl)C(O)(c1ccccc1)c1ccccc1. The molecule has 0 heterocycles. The van der Waals surface area contributed by atoms with Gasteiger partial charge in [-0.15, -0.1) is 0 Å². The Balaban J connectivity index is 1.92. The summed E-state index contributed by atoms with van der Waals surface area (Å²) in [5.41, 5.74) is 0.0424. The van der Waals surface area contributed by atoms with Crippen LogP contribution in [-0.4, -0.2) is 11.0 Å². The minimum atomic E-state index is -1.77. The van der Waals surface area contributed by atoms with Crippen LogP contribution in [0, 0.1) is 0 Å². The third kappa shape index (κ3) is 3.58. The molecule has 126 valence electrons. The number of hydrogen-bond acceptors (Lipinski definition) is 2. The van der Waals surface area contributed by atoms with Crippen LogP contribution < -0.4 is 5.32 Å². The van der Waals surface area contributed by atoms with Gasteiger partial charge < -0.3 is 10.4 Å². The van der Waals surface area contributed by atoms with Gasteiger partial charge in [0, 0.05) is 11.6 Å². The van der Waals surface area contributed by atoms with Gasteiger partial charge in [0.15, 0.2) is 5.60 Å². The van der Waals surface area contributed by atoms with Crippen LogP contribution in [0.2, 0.25) is 5.02 Å². The van der Waals surface area contributed by atoms with Crippen molar-refractivity contribution in [2.24, 2.45) is 0 Å². The van der Waals surface area contributed by atoms with E-state index in [0.29, 0.717) is 16.1 Å². The fourth-order valence-electron chi connectivity index (χ4n) is 2.73. The van der Waals surface area contributed by atoms with Gasteiger partial charge in [-0.3, -0.25) is 4.79 Å². The summed E-state index contributed by atoms with van der Waals surface area (Å²) in [6.45, 7) is 0.237. The zero-order valence-electron chi connectivity index (χ0n) is 13.5. The highest BCUT2D eigenvalue weighted by molar-refractivity contribution is 6.31. The quantitative estimate of drug-likeness (QED) is 0.732. The number of halogens is 1. The summed E-state index contributed by atoms with van der Waals surface area (Å²) in [6.07, 6.45) is 0. The second kappa shape index (κ2) is 7.51. The summed E-state index contributed by atoms with van der Waals surface area (Å²) in [5, 5.41) is 14.7. The summed E-state index contributed by atoms with van der Waals surface area (Å²) in [6, 6.07) is 25.1. The lowest BCUT2D eigenvalue weighted by Gasteiger charge is -2.28. The fourth-order valence-corrected chi connectivity index (χ4v) is 2.94. The molecule has 3 nitrogen and oxygen atoms in total. The van der Waals surface area contributed by atoms with Crippen LogP contribution in [0.1, 0.15) is 16.7 Å².